The first-order valence-corrected chi connectivity index (χ1v) is 16.4. The average Bonchev–Trinajstić information content (AvgIpc) is 3.10. The van der Waals surface area contributed by atoms with Crippen LogP contribution in [0.25, 0.3) is 22.3 Å². The topological polar surface area (TPSA) is 116 Å². The molecule has 0 saturated heterocycles. The second kappa shape index (κ2) is 16.3. The van der Waals surface area contributed by atoms with Crippen LogP contribution in [-0.2, 0) is 31.1 Å². The monoisotopic (exact) mass is 674 g/mol. The number of nitrogens with zero attached hydrogens (tertiary/aromatic N) is 2. The zero-order chi connectivity index (χ0) is 34.9. The highest BCUT2D eigenvalue weighted by Gasteiger charge is 2.17. The average molecular weight is 675 g/mol. The Morgan fingerprint density at radius 2 is 1.57 bits per heavy atom. The van der Waals surface area contributed by atoms with Gasteiger partial charge in [-0.3, -0.25) is 9.78 Å². The molecular weight excluding hydrogens is 636 g/mol. The Balaban J connectivity index is 1.40. The van der Waals surface area contributed by atoms with E-state index in [4.69, 9.17) is 21.1 Å². The van der Waals surface area contributed by atoms with E-state index >= 15 is 0 Å². The van der Waals surface area contributed by atoms with Crippen molar-refractivity contribution in [3.05, 3.63) is 135 Å². The fourth-order valence-corrected chi connectivity index (χ4v) is 5.92. The maximum absolute atomic E-state index is 11.4. The molecule has 0 bridgehead atoms. The molecule has 250 valence electrons. The zero-order valence-corrected chi connectivity index (χ0v) is 28.8. The maximum atomic E-state index is 11.4. The minimum absolute atomic E-state index is 0.143. The second-order valence-electron chi connectivity index (χ2n) is 11.9. The van der Waals surface area contributed by atoms with Gasteiger partial charge in [0.05, 0.1) is 10.6 Å². The van der Waals surface area contributed by atoms with E-state index in [0.717, 1.165) is 28.8 Å². The summed E-state index contributed by atoms with van der Waals surface area (Å²) in [6.07, 6.45) is 3.12. The molecule has 1 unspecified atom stereocenters. The zero-order valence-electron chi connectivity index (χ0n) is 28.0. The number of halogens is 1. The molecule has 0 aliphatic rings. The Morgan fingerprint density at radius 3 is 2.33 bits per heavy atom. The van der Waals surface area contributed by atoms with Crippen LogP contribution in [0.3, 0.4) is 0 Å². The van der Waals surface area contributed by atoms with Crippen LogP contribution >= 0.6 is 11.6 Å². The van der Waals surface area contributed by atoms with Crippen molar-refractivity contribution in [1.82, 2.24) is 15.6 Å². The van der Waals surface area contributed by atoms with Gasteiger partial charge in [0.15, 0.2) is 0 Å². The fraction of sp³-hybridized carbons (Fsp3) is 0.225. The number of nitrogens with one attached hydrogen (secondary N) is 2. The van der Waals surface area contributed by atoms with E-state index in [-0.39, 0.29) is 19.8 Å². The normalized spacial score (nSPS) is 11.5. The number of carboxylic acid groups (broad SMARTS) is 1. The number of pyridine rings is 1. The number of hydrogen-bond acceptors (Lipinski definition) is 7. The molecule has 8 nitrogen and oxygen atoms in total. The van der Waals surface area contributed by atoms with Gasteiger partial charge >= 0.3 is 5.97 Å². The first-order chi connectivity index (χ1) is 23.7. The maximum Gasteiger partial charge on any atom is 0.320 e. The lowest BCUT2D eigenvalue weighted by Gasteiger charge is -2.19. The van der Waals surface area contributed by atoms with E-state index in [9.17, 15) is 15.2 Å². The van der Waals surface area contributed by atoms with Crippen LogP contribution in [0, 0.1) is 25.2 Å². The molecule has 0 radical (unpaired) electrons. The number of benzene rings is 4. The molecule has 0 fully saturated rings. The summed E-state index contributed by atoms with van der Waals surface area (Å²) in [5, 5.41) is 25.2. The lowest BCUT2D eigenvalue weighted by molar-refractivity contribution is -0.139. The van der Waals surface area contributed by atoms with Crippen LogP contribution in [0.2, 0.25) is 5.02 Å². The highest BCUT2D eigenvalue weighted by molar-refractivity contribution is 6.32. The van der Waals surface area contributed by atoms with Gasteiger partial charge in [-0.1, -0.05) is 66.2 Å². The third-order valence-electron chi connectivity index (χ3n) is 8.47. The molecule has 0 aliphatic heterocycles. The third-order valence-corrected chi connectivity index (χ3v) is 8.77. The third kappa shape index (κ3) is 8.64. The smallest absolute Gasteiger partial charge is 0.320 e. The fourth-order valence-electron chi connectivity index (χ4n) is 5.68. The lowest BCUT2D eigenvalue weighted by atomic mass is 9.89. The number of ether oxygens (including phenoxy) is 2. The lowest BCUT2D eigenvalue weighted by Crippen LogP contribution is -2.33. The van der Waals surface area contributed by atoms with Crippen LogP contribution < -0.4 is 20.1 Å². The standard InChI is InChI=1S/C40H39ClN4O4/c1-25-32(10-6-12-35(25)36-13-7-11-34(26(36)2)31-9-5-8-28(15-31)19-43-4)24-49-39-17-38(48-23-30-14-29(18-42)20-44-21-30)33(16-37(39)41)22-45-27(3)40(46)47/h5-17,20-21,27,43,45H,19,22-24H2,1-4H3,(H,46,47). The summed E-state index contributed by atoms with van der Waals surface area (Å²) in [5.41, 5.74) is 11.0. The van der Waals surface area contributed by atoms with Crippen molar-refractivity contribution < 1.29 is 19.4 Å². The number of nitriles is 1. The van der Waals surface area contributed by atoms with Gasteiger partial charge in [-0.25, -0.2) is 0 Å². The van der Waals surface area contributed by atoms with Gasteiger partial charge in [0, 0.05) is 42.7 Å². The summed E-state index contributed by atoms with van der Waals surface area (Å²) in [7, 11) is 1.95. The number of carboxylic acids is 1. The van der Waals surface area contributed by atoms with Crippen LogP contribution in [0.4, 0.5) is 0 Å². The molecule has 0 aliphatic carbocycles. The molecule has 0 amide bonds. The molecular formula is C40H39ClN4O4. The minimum atomic E-state index is -0.967. The van der Waals surface area contributed by atoms with Crippen molar-refractivity contribution in [2.45, 2.75) is 53.1 Å². The number of rotatable bonds is 14. The number of carbonyl (C=O) groups is 1. The number of aliphatic carboxylic acids is 1. The molecule has 1 atom stereocenters. The van der Waals surface area contributed by atoms with Gasteiger partial charge in [0.1, 0.15) is 36.8 Å². The van der Waals surface area contributed by atoms with Gasteiger partial charge < -0.3 is 25.2 Å². The molecule has 4 aromatic carbocycles. The summed E-state index contributed by atoms with van der Waals surface area (Å²) >= 11 is 6.72. The van der Waals surface area contributed by atoms with Crippen LogP contribution in [0.5, 0.6) is 11.5 Å². The number of aromatic nitrogens is 1. The van der Waals surface area contributed by atoms with Crippen molar-refractivity contribution in [1.29, 1.82) is 5.26 Å². The summed E-state index contributed by atoms with van der Waals surface area (Å²) in [6.45, 7) is 7.26. The van der Waals surface area contributed by atoms with Crippen molar-refractivity contribution in [2.75, 3.05) is 7.05 Å². The Bertz CT molecular complexity index is 2010. The highest BCUT2D eigenvalue weighted by atomic mass is 35.5. The molecule has 1 aromatic heterocycles. The van der Waals surface area contributed by atoms with Gasteiger partial charge in [0.25, 0.3) is 0 Å². The molecule has 0 spiro atoms. The Morgan fingerprint density at radius 1 is 0.857 bits per heavy atom. The molecule has 5 rings (SSSR count). The molecule has 49 heavy (non-hydrogen) atoms. The second-order valence-corrected chi connectivity index (χ2v) is 12.3. The van der Waals surface area contributed by atoms with E-state index in [1.54, 1.807) is 31.3 Å². The van der Waals surface area contributed by atoms with Gasteiger partial charge in [0.2, 0.25) is 0 Å². The van der Waals surface area contributed by atoms with E-state index in [1.165, 1.54) is 28.5 Å². The van der Waals surface area contributed by atoms with Crippen LogP contribution in [0.1, 0.15) is 45.9 Å². The molecule has 3 N–H and O–H groups in total. The summed E-state index contributed by atoms with van der Waals surface area (Å²) < 4.78 is 12.5. The largest absolute Gasteiger partial charge is 0.488 e. The van der Waals surface area contributed by atoms with Gasteiger partial charge in [-0.15, -0.1) is 0 Å². The molecule has 5 aromatic rings. The summed E-state index contributed by atoms with van der Waals surface area (Å²) in [6, 6.07) is 27.7. The van der Waals surface area contributed by atoms with Crippen molar-refractivity contribution >= 4 is 17.6 Å². The molecule has 0 saturated carbocycles. The van der Waals surface area contributed by atoms with Crippen LogP contribution in [0.15, 0.2) is 91.3 Å². The quantitative estimate of drug-likeness (QED) is 0.109. The van der Waals surface area contributed by atoms with Gasteiger partial charge in [-0.2, -0.15) is 5.26 Å². The minimum Gasteiger partial charge on any atom is -0.488 e. The van der Waals surface area contributed by atoms with E-state index in [1.807, 2.05) is 19.2 Å². The van der Waals surface area contributed by atoms with Gasteiger partial charge in [-0.05, 0) is 90.5 Å². The Kier molecular flexibility index (Phi) is 11.7. The summed E-state index contributed by atoms with van der Waals surface area (Å²) in [5.74, 6) is -0.0604. The van der Waals surface area contributed by atoms with E-state index in [0.29, 0.717) is 33.2 Å². The van der Waals surface area contributed by atoms with Crippen LogP contribution in [-0.4, -0.2) is 29.1 Å². The summed E-state index contributed by atoms with van der Waals surface area (Å²) in [4.78, 5) is 15.5. The first-order valence-electron chi connectivity index (χ1n) is 16.0. The van der Waals surface area contributed by atoms with Crippen molar-refractivity contribution in [3.63, 3.8) is 0 Å². The predicted octanol–water partition coefficient (Wildman–Crippen LogP) is 8.00. The predicted molar refractivity (Wildman–Crippen MR) is 193 cm³/mol. The van der Waals surface area contributed by atoms with E-state index in [2.05, 4.69) is 84.1 Å². The first kappa shape index (κ1) is 35.1. The van der Waals surface area contributed by atoms with Crippen molar-refractivity contribution in [3.8, 4) is 39.8 Å². The van der Waals surface area contributed by atoms with E-state index < -0.39 is 12.0 Å². The molecule has 1 heterocycles. The van der Waals surface area contributed by atoms with Crippen molar-refractivity contribution in [2.24, 2.45) is 0 Å². The number of hydrogen-bond donors (Lipinski definition) is 3. The Hall–Kier alpha value is -5.20. The molecule has 9 heteroatoms. The SMILES string of the molecule is CNCc1cccc(-c2cccc(-c3cccc(COc4cc(OCc5cncc(C#N)c5)c(CNC(C)C(=O)O)cc4Cl)c3C)c2C)c1. The highest BCUT2D eigenvalue weighted by Crippen LogP contribution is 2.37. The Labute approximate surface area is 292 Å².